The van der Waals surface area contributed by atoms with Crippen LogP contribution in [0, 0.1) is 5.41 Å². The van der Waals surface area contributed by atoms with Gasteiger partial charge in [0, 0.05) is 5.41 Å². The van der Waals surface area contributed by atoms with Crippen molar-refractivity contribution in [3.8, 4) is 0 Å². The smallest absolute Gasteiger partial charge is 0.151 e. The molecule has 4 heteroatoms. The predicted molar refractivity (Wildman–Crippen MR) is 43.2 cm³/mol. The molecule has 2 rings (SSSR count). The summed E-state index contributed by atoms with van der Waals surface area (Å²) in [6, 6.07) is 0. The van der Waals surface area contributed by atoms with Gasteiger partial charge < -0.3 is 5.32 Å². The maximum absolute atomic E-state index is 10.9. The first kappa shape index (κ1) is 7.55. The van der Waals surface area contributed by atoms with Crippen LogP contribution in [0.25, 0.3) is 0 Å². The molecule has 0 amide bonds. The lowest BCUT2D eigenvalue weighted by atomic mass is 9.82. The zero-order valence-corrected chi connectivity index (χ0v) is 7.28. The highest BCUT2D eigenvalue weighted by atomic mass is 32.2. The third-order valence-electron chi connectivity index (χ3n) is 2.72. The molecule has 1 N–H and O–H groups in total. The first-order chi connectivity index (χ1) is 5.12. The van der Waals surface area contributed by atoms with E-state index < -0.39 is 9.84 Å². The molecule has 0 aromatic heterocycles. The zero-order valence-electron chi connectivity index (χ0n) is 6.47. The highest BCUT2D eigenvalue weighted by Gasteiger charge is 2.48. The van der Waals surface area contributed by atoms with Crippen molar-refractivity contribution in [1.82, 2.24) is 5.32 Å². The largest absolute Gasteiger partial charge is 0.317 e. The van der Waals surface area contributed by atoms with Crippen molar-refractivity contribution >= 4 is 9.84 Å². The monoisotopic (exact) mass is 175 g/mol. The van der Waals surface area contributed by atoms with Crippen LogP contribution < -0.4 is 5.32 Å². The van der Waals surface area contributed by atoms with E-state index in [0.29, 0.717) is 11.5 Å². The molecule has 0 aliphatic carbocycles. The Labute approximate surface area is 67.1 Å². The highest BCUT2D eigenvalue weighted by molar-refractivity contribution is 7.92. The molecule has 2 aliphatic heterocycles. The van der Waals surface area contributed by atoms with Crippen molar-refractivity contribution < 1.29 is 8.42 Å². The van der Waals surface area contributed by atoms with E-state index in [1.807, 2.05) is 0 Å². The molecule has 0 unspecified atom stereocenters. The van der Waals surface area contributed by atoms with E-state index in [9.17, 15) is 8.42 Å². The zero-order chi connectivity index (χ0) is 7.95. The van der Waals surface area contributed by atoms with Crippen molar-refractivity contribution in [3.63, 3.8) is 0 Å². The van der Waals surface area contributed by atoms with E-state index >= 15 is 0 Å². The Morgan fingerprint density at radius 1 is 1.09 bits per heavy atom. The van der Waals surface area contributed by atoms with Gasteiger partial charge in [0.25, 0.3) is 0 Å². The van der Waals surface area contributed by atoms with Gasteiger partial charge in [-0.3, -0.25) is 0 Å². The molecule has 2 heterocycles. The molecule has 64 valence electrons. The third-order valence-corrected chi connectivity index (χ3v) is 4.82. The van der Waals surface area contributed by atoms with Crippen LogP contribution in [0.15, 0.2) is 0 Å². The summed E-state index contributed by atoms with van der Waals surface area (Å²) in [6.45, 7) is 1.99. The maximum Gasteiger partial charge on any atom is 0.151 e. The second-order valence-corrected chi connectivity index (χ2v) is 5.85. The average molecular weight is 175 g/mol. The molecule has 11 heavy (non-hydrogen) atoms. The molecule has 2 fully saturated rings. The fourth-order valence-corrected chi connectivity index (χ4v) is 4.50. The molecule has 3 nitrogen and oxygen atoms in total. The van der Waals surface area contributed by atoms with Crippen molar-refractivity contribution in [2.45, 2.75) is 12.8 Å². The van der Waals surface area contributed by atoms with Crippen LogP contribution in [0.2, 0.25) is 0 Å². The molecule has 0 aromatic carbocycles. The number of sulfone groups is 1. The Morgan fingerprint density at radius 3 is 2.09 bits per heavy atom. The first-order valence-corrected chi connectivity index (χ1v) is 5.85. The number of rotatable bonds is 0. The second-order valence-electron chi connectivity index (χ2n) is 3.78. The lowest BCUT2D eigenvalue weighted by Gasteiger charge is -2.44. The van der Waals surface area contributed by atoms with Crippen LogP contribution in [0.4, 0.5) is 0 Å². The Hall–Kier alpha value is -0.0900. The van der Waals surface area contributed by atoms with Gasteiger partial charge in [-0.05, 0) is 25.9 Å². The summed E-state index contributed by atoms with van der Waals surface area (Å²) in [5.41, 5.74) is 0.185. The lowest BCUT2D eigenvalue weighted by molar-refractivity contribution is 0.240. The molecule has 0 radical (unpaired) electrons. The Bertz CT molecular complexity index is 238. The molecular formula is C7H13NO2S. The summed E-state index contributed by atoms with van der Waals surface area (Å²) in [5, 5.41) is 3.24. The van der Waals surface area contributed by atoms with E-state index in [1.165, 1.54) is 0 Å². The summed E-state index contributed by atoms with van der Waals surface area (Å²) in [7, 11) is -2.62. The minimum Gasteiger partial charge on any atom is -0.317 e. The summed E-state index contributed by atoms with van der Waals surface area (Å²) in [5.74, 6) is 0.892. The topological polar surface area (TPSA) is 46.2 Å². The van der Waals surface area contributed by atoms with E-state index in [2.05, 4.69) is 5.32 Å². The van der Waals surface area contributed by atoms with Crippen molar-refractivity contribution in [1.29, 1.82) is 0 Å². The van der Waals surface area contributed by atoms with E-state index in [4.69, 9.17) is 0 Å². The summed E-state index contributed by atoms with van der Waals surface area (Å²) < 4.78 is 21.9. The molecular weight excluding hydrogens is 162 g/mol. The molecule has 0 atom stereocenters. The second kappa shape index (κ2) is 2.20. The van der Waals surface area contributed by atoms with E-state index in [0.717, 1.165) is 25.9 Å². The normalized spacial score (nSPS) is 33.1. The fraction of sp³-hybridized carbons (Fsp3) is 1.00. The SMILES string of the molecule is O=S1(=O)CC2(CCNCC2)C1. The van der Waals surface area contributed by atoms with Crippen LogP contribution in [0.3, 0.4) is 0 Å². The molecule has 0 bridgehead atoms. The predicted octanol–water partition coefficient (Wildman–Crippen LogP) is -0.215. The molecule has 0 aromatic rings. The first-order valence-electron chi connectivity index (χ1n) is 4.03. The van der Waals surface area contributed by atoms with Gasteiger partial charge in [-0.2, -0.15) is 0 Å². The fourth-order valence-electron chi connectivity index (χ4n) is 2.14. The van der Waals surface area contributed by atoms with Crippen LogP contribution in [0.5, 0.6) is 0 Å². The minimum absolute atomic E-state index is 0.185. The van der Waals surface area contributed by atoms with Crippen LogP contribution >= 0.6 is 0 Å². The van der Waals surface area contributed by atoms with Gasteiger partial charge >= 0.3 is 0 Å². The van der Waals surface area contributed by atoms with Crippen molar-refractivity contribution in [2.24, 2.45) is 5.41 Å². The Balaban J connectivity index is 2.05. The molecule has 2 aliphatic rings. The number of hydrogen-bond acceptors (Lipinski definition) is 3. The van der Waals surface area contributed by atoms with Gasteiger partial charge in [-0.25, -0.2) is 8.42 Å². The van der Waals surface area contributed by atoms with E-state index in [1.54, 1.807) is 0 Å². The van der Waals surface area contributed by atoms with Crippen molar-refractivity contribution in [2.75, 3.05) is 24.6 Å². The number of piperidine rings is 1. The van der Waals surface area contributed by atoms with Gasteiger partial charge in [0.15, 0.2) is 9.84 Å². The Kier molecular flexibility index (Phi) is 1.51. The van der Waals surface area contributed by atoms with Gasteiger partial charge in [0.2, 0.25) is 0 Å². The number of hydrogen-bond donors (Lipinski definition) is 1. The summed E-state index contributed by atoms with van der Waals surface area (Å²) >= 11 is 0. The van der Waals surface area contributed by atoms with Gasteiger partial charge in [0.05, 0.1) is 11.5 Å². The summed E-state index contributed by atoms with van der Waals surface area (Å²) in [6.07, 6.45) is 2.10. The van der Waals surface area contributed by atoms with E-state index in [-0.39, 0.29) is 5.41 Å². The summed E-state index contributed by atoms with van der Waals surface area (Å²) in [4.78, 5) is 0. The molecule has 1 spiro atoms. The molecule has 2 saturated heterocycles. The van der Waals surface area contributed by atoms with Crippen LogP contribution in [0.1, 0.15) is 12.8 Å². The number of nitrogens with one attached hydrogen (secondary N) is 1. The van der Waals surface area contributed by atoms with Crippen LogP contribution in [-0.4, -0.2) is 33.0 Å². The molecule has 0 saturated carbocycles. The van der Waals surface area contributed by atoms with Crippen LogP contribution in [-0.2, 0) is 9.84 Å². The quantitative estimate of drug-likeness (QED) is 0.554. The Morgan fingerprint density at radius 2 is 1.64 bits per heavy atom. The van der Waals surface area contributed by atoms with Gasteiger partial charge in [-0.15, -0.1) is 0 Å². The highest BCUT2D eigenvalue weighted by Crippen LogP contribution is 2.40. The third kappa shape index (κ3) is 1.29. The maximum atomic E-state index is 10.9. The van der Waals surface area contributed by atoms with Gasteiger partial charge in [0.1, 0.15) is 0 Å². The van der Waals surface area contributed by atoms with Gasteiger partial charge in [-0.1, -0.05) is 0 Å². The minimum atomic E-state index is -2.62. The average Bonchev–Trinajstić information content (AvgIpc) is 1.85. The lowest BCUT2D eigenvalue weighted by Crippen LogP contribution is -2.53. The standard InChI is InChI=1S/C7H13NO2S/c9-11(10)5-7(6-11)1-3-8-4-2-7/h8H,1-6H2. The van der Waals surface area contributed by atoms with Crippen molar-refractivity contribution in [3.05, 3.63) is 0 Å².